The summed E-state index contributed by atoms with van der Waals surface area (Å²) >= 11 is 5.82. The maximum absolute atomic E-state index is 13.0. The first-order valence-electron chi connectivity index (χ1n) is 9.01. The van der Waals surface area contributed by atoms with Gasteiger partial charge in [0.2, 0.25) is 0 Å². The standard InChI is InChI=1S/C20H15ClF3N5O/c21-19-13(2-1-3-14(19)20(22,23)24)17(30)5-4-12-8-27-18(10-26-12)29-11-28-15-9-25-7-6-16(15)29/h1-3,6-8,10-11,25H,4-5,9H2. The Balaban J connectivity index is 1.46. The predicted molar refractivity (Wildman–Crippen MR) is 104 cm³/mol. The number of aromatic nitrogens is 4. The molecule has 1 aromatic carbocycles. The molecule has 4 rings (SSSR count). The van der Waals surface area contributed by atoms with Gasteiger partial charge in [0.1, 0.15) is 6.33 Å². The van der Waals surface area contributed by atoms with Crippen molar-refractivity contribution in [2.75, 3.05) is 0 Å². The minimum atomic E-state index is -4.62. The molecule has 0 amide bonds. The molecular formula is C20H15ClF3N5O. The number of ketones is 1. The number of carbonyl (C=O) groups excluding carboxylic acids is 1. The van der Waals surface area contributed by atoms with Crippen LogP contribution < -0.4 is 5.32 Å². The summed E-state index contributed by atoms with van der Waals surface area (Å²) in [6, 6.07) is 3.31. The molecule has 154 valence electrons. The second-order valence-electron chi connectivity index (χ2n) is 6.61. The van der Waals surface area contributed by atoms with E-state index in [0.29, 0.717) is 18.1 Å². The van der Waals surface area contributed by atoms with Gasteiger partial charge in [0.15, 0.2) is 11.6 Å². The second-order valence-corrected chi connectivity index (χ2v) is 6.99. The second kappa shape index (κ2) is 7.91. The van der Waals surface area contributed by atoms with Gasteiger partial charge in [-0.25, -0.2) is 9.97 Å². The summed E-state index contributed by atoms with van der Waals surface area (Å²) in [7, 11) is 0. The molecule has 0 atom stereocenters. The van der Waals surface area contributed by atoms with Gasteiger partial charge < -0.3 is 5.32 Å². The van der Waals surface area contributed by atoms with E-state index in [1.165, 1.54) is 18.3 Å². The van der Waals surface area contributed by atoms with Gasteiger partial charge in [-0.15, -0.1) is 0 Å². The minimum Gasteiger partial charge on any atom is -0.385 e. The average Bonchev–Trinajstić information content (AvgIpc) is 3.16. The molecule has 2 aromatic heterocycles. The van der Waals surface area contributed by atoms with Crippen LogP contribution in [0.4, 0.5) is 13.2 Å². The summed E-state index contributed by atoms with van der Waals surface area (Å²) in [6.45, 7) is 0.630. The van der Waals surface area contributed by atoms with E-state index in [4.69, 9.17) is 11.6 Å². The van der Waals surface area contributed by atoms with Crippen LogP contribution in [0.25, 0.3) is 11.9 Å². The van der Waals surface area contributed by atoms with E-state index < -0.39 is 22.5 Å². The number of alkyl halides is 3. The van der Waals surface area contributed by atoms with Gasteiger partial charge in [0.05, 0.1) is 46.6 Å². The van der Waals surface area contributed by atoms with Gasteiger partial charge in [-0.2, -0.15) is 13.2 Å². The van der Waals surface area contributed by atoms with Crippen LogP contribution in [0.2, 0.25) is 5.02 Å². The molecule has 30 heavy (non-hydrogen) atoms. The number of benzene rings is 1. The first kappa shape index (κ1) is 20.1. The summed E-state index contributed by atoms with van der Waals surface area (Å²) in [6.07, 6.45) is 4.04. The predicted octanol–water partition coefficient (Wildman–Crippen LogP) is 4.22. The fourth-order valence-electron chi connectivity index (χ4n) is 3.13. The zero-order valence-corrected chi connectivity index (χ0v) is 16.2. The lowest BCUT2D eigenvalue weighted by Gasteiger charge is -2.12. The number of nitrogens with one attached hydrogen (secondary N) is 1. The number of carbonyl (C=O) groups is 1. The lowest BCUT2D eigenvalue weighted by molar-refractivity contribution is -0.137. The van der Waals surface area contributed by atoms with Crippen molar-refractivity contribution in [3.8, 4) is 5.82 Å². The molecule has 0 bridgehead atoms. The zero-order chi connectivity index (χ0) is 21.3. The van der Waals surface area contributed by atoms with Gasteiger partial charge in [0.25, 0.3) is 0 Å². The lowest BCUT2D eigenvalue weighted by atomic mass is 10.0. The summed E-state index contributed by atoms with van der Waals surface area (Å²) < 4.78 is 40.7. The topological polar surface area (TPSA) is 72.7 Å². The Kier molecular flexibility index (Phi) is 5.29. The molecule has 0 unspecified atom stereocenters. The van der Waals surface area contributed by atoms with Crippen molar-refractivity contribution in [2.45, 2.75) is 25.6 Å². The van der Waals surface area contributed by atoms with Crippen LogP contribution in [0.5, 0.6) is 0 Å². The fourth-order valence-corrected chi connectivity index (χ4v) is 3.47. The number of fused-ring (bicyclic) bond motifs is 1. The Bertz CT molecular complexity index is 1120. The number of Topliss-reactive ketones (excluding diaryl/α,β-unsaturated/α-hetero) is 1. The summed E-state index contributed by atoms with van der Waals surface area (Å²) in [4.78, 5) is 25.4. The third-order valence-corrected chi connectivity index (χ3v) is 5.07. The quantitative estimate of drug-likeness (QED) is 0.610. The van der Waals surface area contributed by atoms with Crippen molar-refractivity contribution >= 4 is 23.5 Å². The van der Waals surface area contributed by atoms with Crippen LogP contribution in [-0.4, -0.2) is 25.3 Å². The SMILES string of the molecule is O=C(CCc1cnc(-n2cnc3c2C=CNC3)cn1)c1cccc(C(F)(F)F)c1Cl. The van der Waals surface area contributed by atoms with Crippen LogP contribution >= 0.6 is 11.6 Å². The van der Waals surface area contributed by atoms with E-state index in [0.717, 1.165) is 17.5 Å². The number of nitrogens with zero attached hydrogens (tertiary/aromatic N) is 4. The van der Waals surface area contributed by atoms with Gasteiger partial charge in [0, 0.05) is 12.0 Å². The third kappa shape index (κ3) is 3.93. The molecule has 0 saturated carbocycles. The third-order valence-electron chi connectivity index (χ3n) is 4.66. The van der Waals surface area contributed by atoms with Gasteiger partial charge in [-0.05, 0) is 30.8 Å². The first-order chi connectivity index (χ1) is 14.3. The monoisotopic (exact) mass is 433 g/mol. The molecule has 1 N–H and O–H groups in total. The molecule has 0 saturated heterocycles. The number of halogens is 4. The van der Waals surface area contributed by atoms with E-state index in [9.17, 15) is 18.0 Å². The highest BCUT2D eigenvalue weighted by Gasteiger charge is 2.34. The molecular weight excluding hydrogens is 419 g/mol. The molecule has 6 nitrogen and oxygen atoms in total. The number of aryl methyl sites for hydroxylation is 1. The first-order valence-corrected chi connectivity index (χ1v) is 9.39. The Hall–Kier alpha value is -3.20. The molecule has 1 aliphatic heterocycles. The highest BCUT2D eigenvalue weighted by atomic mass is 35.5. The normalized spacial score (nSPS) is 13.1. The van der Waals surface area contributed by atoms with Crippen molar-refractivity contribution in [2.24, 2.45) is 0 Å². The van der Waals surface area contributed by atoms with Crippen LogP contribution in [0, 0.1) is 0 Å². The molecule has 0 aliphatic carbocycles. The van der Waals surface area contributed by atoms with E-state index in [2.05, 4.69) is 20.3 Å². The molecule has 10 heteroatoms. The van der Waals surface area contributed by atoms with Crippen molar-refractivity contribution in [1.82, 2.24) is 24.8 Å². The van der Waals surface area contributed by atoms with Gasteiger partial charge in [-0.1, -0.05) is 17.7 Å². The highest BCUT2D eigenvalue weighted by Crippen LogP contribution is 2.36. The van der Waals surface area contributed by atoms with E-state index in [1.807, 2.05) is 12.3 Å². The van der Waals surface area contributed by atoms with Crippen LogP contribution in [0.1, 0.15) is 39.4 Å². The Morgan fingerprint density at radius 2 is 2.03 bits per heavy atom. The summed E-state index contributed by atoms with van der Waals surface area (Å²) in [5.74, 6) is 0.0876. The van der Waals surface area contributed by atoms with Crippen molar-refractivity contribution in [1.29, 1.82) is 0 Å². The van der Waals surface area contributed by atoms with Crippen LogP contribution in [0.15, 0.2) is 43.1 Å². The smallest absolute Gasteiger partial charge is 0.385 e. The molecule has 3 heterocycles. The molecule has 0 radical (unpaired) electrons. The molecule has 0 spiro atoms. The molecule has 3 aromatic rings. The average molecular weight is 434 g/mol. The van der Waals surface area contributed by atoms with E-state index in [1.54, 1.807) is 17.1 Å². The Morgan fingerprint density at radius 1 is 1.20 bits per heavy atom. The van der Waals surface area contributed by atoms with Gasteiger partial charge in [-0.3, -0.25) is 14.3 Å². The number of hydrogen-bond acceptors (Lipinski definition) is 5. The highest BCUT2D eigenvalue weighted by molar-refractivity contribution is 6.34. The number of imidazole rings is 1. The van der Waals surface area contributed by atoms with Gasteiger partial charge >= 0.3 is 6.18 Å². The van der Waals surface area contributed by atoms with Crippen molar-refractivity contribution in [3.63, 3.8) is 0 Å². The largest absolute Gasteiger partial charge is 0.417 e. The minimum absolute atomic E-state index is 0.0378. The zero-order valence-electron chi connectivity index (χ0n) is 15.4. The van der Waals surface area contributed by atoms with E-state index in [-0.39, 0.29) is 18.4 Å². The number of rotatable bonds is 5. The van der Waals surface area contributed by atoms with Crippen molar-refractivity contribution < 1.29 is 18.0 Å². The van der Waals surface area contributed by atoms with E-state index >= 15 is 0 Å². The Morgan fingerprint density at radius 3 is 2.77 bits per heavy atom. The maximum atomic E-state index is 13.0. The molecule has 0 fully saturated rings. The van der Waals surface area contributed by atoms with Crippen molar-refractivity contribution in [3.05, 3.63) is 76.4 Å². The summed E-state index contributed by atoms with van der Waals surface area (Å²) in [5, 5.41) is 2.50. The van der Waals surface area contributed by atoms with Crippen LogP contribution in [0.3, 0.4) is 0 Å². The number of hydrogen-bond donors (Lipinski definition) is 1. The maximum Gasteiger partial charge on any atom is 0.417 e. The lowest BCUT2D eigenvalue weighted by Crippen LogP contribution is -2.12. The summed E-state index contributed by atoms with van der Waals surface area (Å²) in [5.41, 5.74) is 1.17. The Labute approximate surface area is 174 Å². The van der Waals surface area contributed by atoms with Crippen LogP contribution in [-0.2, 0) is 19.1 Å². The molecule has 1 aliphatic rings. The fraction of sp³-hybridized carbons (Fsp3) is 0.200.